The lowest BCUT2D eigenvalue weighted by atomic mass is 10.2. The highest BCUT2D eigenvalue weighted by molar-refractivity contribution is 7.84. The summed E-state index contributed by atoms with van der Waals surface area (Å²) in [5.74, 6) is 0.229. The zero-order valence-corrected chi connectivity index (χ0v) is 10.8. The molecule has 6 nitrogen and oxygen atoms in total. The van der Waals surface area contributed by atoms with Gasteiger partial charge < -0.3 is 5.32 Å². The Morgan fingerprint density at radius 3 is 2.82 bits per heavy atom. The first-order chi connectivity index (χ1) is 7.93. The monoisotopic (exact) mass is 257 g/mol. The Balaban J connectivity index is 2.88. The van der Waals surface area contributed by atoms with Crippen molar-refractivity contribution in [2.45, 2.75) is 19.1 Å². The van der Waals surface area contributed by atoms with Gasteiger partial charge in [-0.15, -0.1) is 0 Å². The average molecular weight is 257 g/mol. The molecule has 7 heteroatoms. The van der Waals surface area contributed by atoms with Crippen molar-refractivity contribution >= 4 is 22.3 Å². The van der Waals surface area contributed by atoms with Gasteiger partial charge in [0.25, 0.3) is 0 Å². The van der Waals surface area contributed by atoms with Gasteiger partial charge in [-0.2, -0.15) is 0 Å². The fraction of sp³-hybridized carbons (Fsp3) is 0.500. The Labute approximate surface area is 102 Å². The summed E-state index contributed by atoms with van der Waals surface area (Å²) in [7, 11) is -0.967. The fourth-order valence-corrected chi connectivity index (χ4v) is 1.59. The van der Waals surface area contributed by atoms with Crippen LogP contribution in [-0.4, -0.2) is 32.2 Å². The highest BCUT2D eigenvalue weighted by Crippen LogP contribution is 2.25. The van der Waals surface area contributed by atoms with Gasteiger partial charge in [-0.1, -0.05) is 0 Å². The summed E-state index contributed by atoms with van der Waals surface area (Å²) in [5.41, 5.74) is 0.527. The van der Waals surface area contributed by atoms with Crippen LogP contribution in [0.15, 0.2) is 12.3 Å². The molecule has 0 aliphatic carbocycles. The van der Waals surface area contributed by atoms with Gasteiger partial charge in [-0.05, 0) is 19.9 Å². The second-order valence-corrected chi connectivity index (χ2v) is 5.57. The third-order valence-corrected chi connectivity index (χ3v) is 3.73. The summed E-state index contributed by atoms with van der Waals surface area (Å²) in [4.78, 5) is 14.4. The van der Waals surface area contributed by atoms with Crippen molar-refractivity contribution in [2.75, 3.05) is 18.1 Å². The summed E-state index contributed by atoms with van der Waals surface area (Å²) in [6, 6.07) is 1.59. The second kappa shape index (κ2) is 5.72. The van der Waals surface area contributed by atoms with E-state index in [1.807, 2.05) is 6.92 Å². The smallest absolute Gasteiger partial charge is 0.314 e. The van der Waals surface area contributed by atoms with Gasteiger partial charge in [0.15, 0.2) is 0 Å². The third-order valence-electron chi connectivity index (χ3n) is 2.43. The van der Waals surface area contributed by atoms with Crippen LogP contribution in [0, 0.1) is 17.0 Å². The van der Waals surface area contributed by atoms with Crippen LogP contribution in [0.4, 0.5) is 11.5 Å². The van der Waals surface area contributed by atoms with Gasteiger partial charge in [0.2, 0.25) is 5.82 Å². The first-order valence-corrected chi connectivity index (χ1v) is 6.71. The van der Waals surface area contributed by atoms with Crippen molar-refractivity contribution in [1.29, 1.82) is 0 Å². The van der Waals surface area contributed by atoms with Gasteiger partial charge in [-0.25, -0.2) is 4.98 Å². The highest BCUT2D eigenvalue weighted by atomic mass is 32.2. The molecule has 0 radical (unpaired) electrons. The molecule has 2 unspecified atom stereocenters. The molecule has 0 spiro atoms. The molecular formula is C10H15N3O3S. The number of rotatable bonds is 5. The van der Waals surface area contributed by atoms with Crippen molar-refractivity contribution in [2.24, 2.45) is 0 Å². The largest absolute Gasteiger partial charge is 0.363 e. The molecule has 1 aromatic heterocycles. The molecule has 0 aliphatic heterocycles. The lowest BCUT2D eigenvalue weighted by Gasteiger charge is -2.11. The minimum absolute atomic E-state index is 0.0263. The van der Waals surface area contributed by atoms with E-state index < -0.39 is 15.7 Å². The van der Waals surface area contributed by atoms with E-state index >= 15 is 0 Å². The molecule has 0 saturated carbocycles. The number of anilines is 1. The Morgan fingerprint density at radius 2 is 2.29 bits per heavy atom. The van der Waals surface area contributed by atoms with Crippen LogP contribution < -0.4 is 5.32 Å². The zero-order valence-electron chi connectivity index (χ0n) is 9.97. The normalized spacial score (nSPS) is 14.1. The molecule has 0 fully saturated rings. The molecule has 0 aromatic carbocycles. The van der Waals surface area contributed by atoms with Crippen molar-refractivity contribution in [3.8, 4) is 0 Å². The average Bonchev–Trinajstić information content (AvgIpc) is 2.24. The molecule has 0 bridgehead atoms. The third kappa shape index (κ3) is 3.48. The number of aryl methyl sites for hydroxylation is 1. The molecular weight excluding hydrogens is 242 g/mol. The van der Waals surface area contributed by atoms with E-state index in [0.29, 0.717) is 12.1 Å². The Kier molecular flexibility index (Phi) is 4.56. The molecule has 2 atom stereocenters. The predicted octanol–water partition coefficient (Wildman–Crippen LogP) is 1.48. The molecule has 17 heavy (non-hydrogen) atoms. The maximum Gasteiger partial charge on any atom is 0.314 e. The van der Waals surface area contributed by atoms with Crippen LogP contribution in [0.5, 0.6) is 0 Å². The lowest BCUT2D eigenvalue weighted by molar-refractivity contribution is -0.384. The Morgan fingerprint density at radius 1 is 1.65 bits per heavy atom. The van der Waals surface area contributed by atoms with Crippen molar-refractivity contribution in [3.05, 3.63) is 27.9 Å². The van der Waals surface area contributed by atoms with E-state index in [-0.39, 0.29) is 16.8 Å². The minimum Gasteiger partial charge on any atom is -0.363 e. The standard InChI is InChI=1S/C10H15N3O3S/c1-7-4-5-11-10(9(7)13(14)15)12-6-8(2)17(3)16/h4-5,8H,6H2,1-3H3,(H,11,12). The number of nitro groups is 1. The van der Waals surface area contributed by atoms with Gasteiger partial charge in [-0.3, -0.25) is 14.3 Å². The van der Waals surface area contributed by atoms with E-state index in [2.05, 4.69) is 10.3 Å². The number of hydrogen-bond donors (Lipinski definition) is 1. The summed E-state index contributed by atoms with van der Waals surface area (Å²) in [5, 5.41) is 13.7. The summed E-state index contributed by atoms with van der Waals surface area (Å²) >= 11 is 0. The highest BCUT2D eigenvalue weighted by Gasteiger charge is 2.19. The summed E-state index contributed by atoms with van der Waals surface area (Å²) in [6.07, 6.45) is 3.11. The zero-order chi connectivity index (χ0) is 13.0. The van der Waals surface area contributed by atoms with Gasteiger partial charge in [0, 0.05) is 40.6 Å². The summed E-state index contributed by atoms with van der Waals surface area (Å²) < 4.78 is 11.2. The second-order valence-electron chi connectivity index (χ2n) is 3.77. The first kappa shape index (κ1) is 13.6. The van der Waals surface area contributed by atoms with Gasteiger partial charge >= 0.3 is 5.69 Å². The molecule has 0 aliphatic rings. The molecule has 1 rings (SSSR count). The van der Waals surface area contributed by atoms with Gasteiger partial charge in [0.1, 0.15) is 0 Å². The number of nitrogens with one attached hydrogen (secondary N) is 1. The van der Waals surface area contributed by atoms with E-state index in [9.17, 15) is 14.3 Å². The first-order valence-electron chi connectivity index (χ1n) is 5.09. The van der Waals surface area contributed by atoms with Crippen molar-refractivity contribution in [1.82, 2.24) is 4.98 Å². The maximum absolute atomic E-state index is 11.2. The van der Waals surface area contributed by atoms with Crippen LogP contribution in [0.3, 0.4) is 0 Å². The van der Waals surface area contributed by atoms with Crippen LogP contribution >= 0.6 is 0 Å². The number of hydrogen-bond acceptors (Lipinski definition) is 5. The topological polar surface area (TPSA) is 85.1 Å². The molecule has 0 amide bonds. The quantitative estimate of drug-likeness (QED) is 0.638. The Bertz CT molecular complexity index is 450. The lowest BCUT2D eigenvalue weighted by Crippen LogP contribution is -2.21. The van der Waals surface area contributed by atoms with E-state index in [0.717, 1.165) is 0 Å². The van der Waals surface area contributed by atoms with Crippen LogP contribution in [-0.2, 0) is 10.8 Å². The van der Waals surface area contributed by atoms with Gasteiger partial charge in [0.05, 0.1) is 4.92 Å². The van der Waals surface area contributed by atoms with E-state index in [1.165, 1.54) is 6.20 Å². The SMILES string of the molecule is Cc1ccnc(NCC(C)S(C)=O)c1[N+](=O)[O-]. The molecule has 0 saturated heterocycles. The van der Waals surface area contributed by atoms with Crippen molar-refractivity contribution < 1.29 is 9.13 Å². The van der Waals surface area contributed by atoms with E-state index in [4.69, 9.17) is 0 Å². The molecule has 1 aromatic rings. The summed E-state index contributed by atoms with van der Waals surface area (Å²) in [6.45, 7) is 3.86. The predicted molar refractivity (Wildman–Crippen MR) is 67.6 cm³/mol. The minimum atomic E-state index is -0.967. The molecule has 94 valence electrons. The Hall–Kier alpha value is -1.50. The van der Waals surface area contributed by atoms with Crippen LogP contribution in [0.25, 0.3) is 0 Å². The number of nitrogens with zero attached hydrogens (tertiary/aromatic N) is 2. The maximum atomic E-state index is 11.2. The fourth-order valence-electron chi connectivity index (χ4n) is 1.27. The van der Waals surface area contributed by atoms with Crippen molar-refractivity contribution in [3.63, 3.8) is 0 Å². The number of aromatic nitrogens is 1. The van der Waals surface area contributed by atoms with Crippen LogP contribution in [0.2, 0.25) is 0 Å². The molecule has 1 N–H and O–H groups in total. The molecule has 1 heterocycles. The van der Waals surface area contributed by atoms with Crippen LogP contribution in [0.1, 0.15) is 12.5 Å². The number of pyridine rings is 1. The van der Waals surface area contributed by atoms with E-state index in [1.54, 1.807) is 19.2 Å².